The van der Waals surface area contributed by atoms with Crippen molar-refractivity contribution in [3.05, 3.63) is 72.3 Å². The number of thioether (sulfide) groups is 1. The maximum atomic E-state index is 14.2. The normalized spacial score (nSPS) is 14.4. The zero-order chi connectivity index (χ0) is 21.1. The van der Waals surface area contributed by atoms with Gasteiger partial charge in [-0.1, -0.05) is 36.0 Å². The highest BCUT2D eigenvalue weighted by atomic mass is 32.2. The van der Waals surface area contributed by atoms with Crippen LogP contribution in [0.3, 0.4) is 0 Å². The van der Waals surface area contributed by atoms with Crippen LogP contribution >= 0.6 is 11.8 Å². The number of imidazole rings is 1. The van der Waals surface area contributed by atoms with E-state index in [1.807, 2.05) is 4.90 Å². The first-order chi connectivity index (χ1) is 14.5. The third-order valence-electron chi connectivity index (χ3n) is 4.92. The number of hydrogen-bond acceptors (Lipinski definition) is 4. The quantitative estimate of drug-likeness (QED) is 0.564. The van der Waals surface area contributed by atoms with Crippen molar-refractivity contribution in [1.29, 1.82) is 0 Å². The Kier molecular flexibility index (Phi) is 5.98. The van der Waals surface area contributed by atoms with Crippen molar-refractivity contribution in [2.24, 2.45) is 0 Å². The summed E-state index contributed by atoms with van der Waals surface area (Å²) in [6.07, 6.45) is 3.31. The van der Waals surface area contributed by atoms with E-state index >= 15 is 0 Å². The Morgan fingerprint density at radius 1 is 1.00 bits per heavy atom. The molecule has 0 bridgehead atoms. The lowest BCUT2D eigenvalue weighted by Gasteiger charge is -2.35. The predicted molar refractivity (Wildman–Crippen MR) is 110 cm³/mol. The van der Waals surface area contributed by atoms with Gasteiger partial charge in [-0.05, 0) is 24.3 Å². The van der Waals surface area contributed by atoms with Crippen LogP contribution < -0.4 is 4.90 Å². The smallest absolute Gasteiger partial charge is 0.288 e. The van der Waals surface area contributed by atoms with Crippen molar-refractivity contribution in [3.8, 4) is 5.69 Å². The third-order valence-corrected chi connectivity index (χ3v) is 5.70. The minimum Gasteiger partial charge on any atom is -0.338 e. The molecule has 1 saturated heterocycles. The average molecular weight is 432 g/mol. The Morgan fingerprint density at radius 2 is 1.70 bits per heavy atom. The Morgan fingerprint density at radius 3 is 2.43 bits per heavy atom. The van der Waals surface area contributed by atoms with E-state index < -0.39 is 5.76 Å². The van der Waals surface area contributed by atoms with E-state index in [1.165, 1.54) is 12.1 Å². The topological polar surface area (TPSA) is 41.4 Å². The first-order valence-electron chi connectivity index (χ1n) is 9.41. The molecule has 1 fully saturated rings. The molecule has 0 radical (unpaired) electrons. The van der Waals surface area contributed by atoms with Gasteiger partial charge in [0.25, 0.3) is 11.7 Å². The minimum atomic E-state index is -2.59. The molecule has 30 heavy (non-hydrogen) atoms. The number of benzene rings is 2. The molecule has 3 aromatic rings. The number of amides is 1. The van der Waals surface area contributed by atoms with Crippen LogP contribution in [-0.4, -0.2) is 52.3 Å². The third kappa shape index (κ3) is 4.16. The van der Waals surface area contributed by atoms with E-state index in [0.717, 1.165) is 0 Å². The average Bonchev–Trinajstić information content (AvgIpc) is 3.23. The van der Waals surface area contributed by atoms with Crippen LogP contribution in [0, 0.1) is 5.82 Å². The summed E-state index contributed by atoms with van der Waals surface area (Å²) in [5.74, 6) is -2.61. The maximum absolute atomic E-state index is 14.2. The minimum absolute atomic E-state index is 0.268. The second-order valence-electron chi connectivity index (χ2n) is 6.70. The number of carbonyl (C=O) groups is 1. The van der Waals surface area contributed by atoms with Gasteiger partial charge in [0, 0.05) is 43.5 Å². The zero-order valence-electron chi connectivity index (χ0n) is 15.9. The van der Waals surface area contributed by atoms with Crippen LogP contribution in [0.15, 0.2) is 65.8 Å². The lowest BCUT2D eigenvalue weighted by molar-refractivity contribution is 0.0742. The van der Waals surface area contributed by atoms with E-state index in [2.05, 4.69) is 4.98 Å². The summed E-state index contributed by atoms with van der Waals surface area (Å²) in [4.78, 5) is 21.2. The molecule has 0 saturated carbocycles. The Balaban J connectivity index is 1.48. The van der Waals surface area contributed by atoms with Crippen molar-refractivity contribution in [2.75, 3.05) is 31.1 Å². The summed E-state index contributed by atoms with van der Waals surface area (Å²) >= 11 is 0.377. The number of rotatable bonds is 5. The molecule has 0 atom stereocenters. The molecular formula is C21H19F3N4OS. The van der Waals surface area contributed by atoms with Gasteiger partial charge in [0.15, 0.2) is 0 Å². The summed E-state index contributed by atoms with van der Waals surface area (Å²) in [6.45, 7) is 1.83. The van der Waals surface area contributed by atoms with E-state index in [4.69, 9.17) is 0 Å². The number of alkyl halides is 2. The predicted octanol–water partition coefficient (Wildman–Crippen LogP) is 4.29. The molecule has 5 nitrogen and oxygen atoms in total. The number of anilines is 1. The molecule has 0 N–H and O–H groups in total. The molecule has 0 aliphatic carbocycles. The van der Waals surface area contributed by atoms with Crippen molar-refractivity contribution in [2.45, 2.75) is 10.7 Å². The maximum Gasteiger partial charge on any atom is 0.288 e. The Hall–Kier alpha value is -2.94. The molecule has 1 aromatic heterocycles. The van der Waals surface area contributed by atoms with E-state index in [-0.39, 0.29) is 22.2 Å². The molecule has 0 unspecified atom stereocenters. The van der Waals surface area contributed by atoms with Gasteiger partial charge in [-0.3, -0.25) is 9.36 Å². The summed E-state index contributed by atoms with van der Waals surface area (Å²) in [6, 6.07) is 12.9. The molecule has 2 heterocycles. The number of hydrogen-bond donors (Lipinski definition) is 0. The first kappa shape index (κ1) is 20.3. The number of aromatic nitrogens is 2. The first-order valence-corrected chi connectivity index (χ1v) is 10.3. The van der Waals surface area contributed by atoms with E-state index in [0.29, 0.717) is 49.6 Å². The van der Waals surface area contributed by atoms with Crippen LogP contribution in [0.4, 0.5) is 19.1 Å². The van der Waals surface area contributed by atoms with E-state index in [1.54, 1.807) is 58.3 Å². The van der Waals surface area contributed by atoms with Crippen LogP contribution in [0.2, 0.25) is 0 Å². The van der Waals surface area contributed by atoms with Crippen molar-refractivity contribution >= 4 is 23.6 Å². The molecule has 1 aliphatic heterocycles. The zero-order valence-corrected chi connectivity index (χ0v) is 16.7. The highest BCUT2D eigenvalue weighted by Crippen LogP contribution is 2.29. The van der Waals surface area contributed by atoms with Crippen LogP contribution in [0.25, 0.3) is 5.69 Å². The van der Waals surface area contributed by atoms with Crippen LogP contribution in [0.1, 0.15) is 10.4 Å². The molecule has 1 aliphatic rings. The summed E-state index contributed by atoms with van der Waals surface area (Å²) in [5, 5.41) is 0. The van der Waals surface area contributed by atoms with Gasteiger partial charge >= 0.3 is 0 Å². The molecular weight excluding hydrogens is 413 g/mol. The number of para-hydroxylation sites is 1. The standard InChI is InChI=1S/C21H19F3N4OS/c22-16-6-2-3-7-17(16)28-10-9-25-21(28)27-13-11-26(12-14-27)19(29)15-5-1-4-8-18(15)30-20(23)24/h1-10,20H,11-14H2. The molecule has 0 spiro atoms. The van der Waals surface area contributed by atoms with Gasteiger partial charge in [-0.2, -0.15) is 8.78 Å². The van der Waals surface area contributed by atoms with Gasteiger partial charge < -0.3 is 9.80 Å². The number of nitrogens with zero attached hydrogens (tertiary/aromatic N) is 4. The lowest BCUT2D eigenvalue weighted by atomic mass is 10.2. The van der Waals surface area contributed by atoms with Crippen molar-refractivity contribution in [3.63, 3.8) is 0 Å². The second kappa shape index (κ2) is 8.83. The Labute approximate surface area is 176 Å². The molecule has 1 amide bonds. The van der Waals surface area contributed by atoms with E-state index in [9.17, 15) is 18.0 Å². The second-order valence-corrected chi connectivity index (χ2v) is 7.73. The van der Waals surface area contributed by atoms with Crippen LogP contribution in [-0.2, 0) is 0 Å². The lowest BCUT2D eigenvalue weighted by Crippen LogP contribution is -2.49. The Bertz CT molecular complexity index is 1030. The fraction of sp³-hybridized carbons (Fsp3) is 0.238. The largest absolute Gasteiger partial charge is 0.338 e. The summed E-state index contributed by atoms with van der Waals surface area (Å²) < 4.78 is 41.5. The number of piperazine rings is 1. The fourth-order valence-electron chi connectivity index (χ4n) is 3.49. The van der Waals surface area contributed by atoms with Gasteiger partial charge in [0.1, 0.15) is 5.82 Å². The molecule has 9 heteroatoms. The SMILES string of the molecule is O=C(c1ccccc1SC(F)F)N1CCN(c2nccn2-c2ccccc2F)CC1. The van der Waals surface area contributed by atoms with Gasteiger partial charge in [0.05, 0.1) is 11.3 Å². The fourth-order valence-corrected chi connectivity index (χ4v) is 4.12. The molecule has 156 valence electrons. The summed E-state index contributed by atoms with van der Waals surface area (Å²) in [7, 11) is 0. The summed E-state index contributed by atoms with van der Waals surface area (Å²) in [5.41, 5.74) is 0.686. The highest BCUT2D eigenvalue weighted by molar-refractivity contribution is 7.99. The monoisotopic (exact) mass is 432 g/mol. The van der Waals surface area contributed by atoms with Gasteiger partial charge in [-0.25, -0.2) is 9.37 Å². The van der Waals surface area contributed by atoms with Crippen molar-refractivity contribution < 1.29 is 18.0 Å². The number of carbonyl (C=O) groups excluding carboxylic acids is 1. The van der Waals surface area contributed by atoms with Gasteiger partial charge in [0.2, 0.25) is 5.95 Å². The number of halogens is 3. The van der Waals surface area contributed by atoms with Crippen LogP contribution in [0.5, 0.6) is 0 Å². The molecule has 4 rings (SSSR count). The highest BCUT2D eigenvalue weighted by Gasteiger charge is 2.26. The molecule has 2 aromatic carbocycles. The van der Waals surface area contributed by atoms with Crippen molar-refractivity contribution in [1.82, 2.24) is 14.5 Å². The van der Waals surface area contributed by atoms with Gasteiger partial charge in [-0.15, -0.1) is 0 Å².